The molecular formula is C8H11F6NaO3S. The van der Waals surface area contributed by atoms with Crippen LogP contribution in [0.4, 0.5) is 26.3 Å². The van der Waals surface area contributed by atoms with Gasteiger partial charge in [0.05, 0.1) is 22.5 Å². The van der Waals surface area contributed by atoms with Gasteiger partial charge in [-0.15, -0.1) is 0 Å². The van der Waals surface area contributed by atoms with Gasteiger partial charge in [0.2, 0.25) is 0 Å². The summed E-state index contributed by atoms with van der Waals surface area (Å²) in [7, 11) is -5.17. The van der Waals surface area contributed by atoms with Crippen LogP contribution < -0.4 is 29.6 Å². The second-order valence-electron chi connectivity index (χ2n) is 3.57. The molecule has 0 saturated carbocycles. The summed E-state index contributed by atoms with van der Waals surface area (Å²) in [6.07, 6.45) is -16.6. The molecule has 11 heteroatoms. The summed E-state index contributed by atoms with van der Waals surface area (Å²) in [6.45, 7) is -1.32. The molecule has 0 aromatic rings. The largest absolute Gasteiger partial charge is 1.00 e. The van der Waals surface area contributed by atoms with Crippen molar-refractivity contribution in [1.29, 1.82) is 0 Å². The van der Waals surface area contributed by atoms with E-state index in [4.69, 9.17) is 0 Å². The predicted molar refractivity (Wildman–Crippen MR) is 49.6 cm³/mol. The second-order valence-corrected chi connectivity index (χ2v) is 5.02. The first-order valence-electron chi connectivity index (χ1n) is 4.80. The van der Waals surface area contributed by atoms with Gasteiger partial charge in [0.1, 0.15) is 12.3 Å². The SMILES string of the molecule is O=S(=O)([O-])CC(F)C(F)C(F)C(F)C(F)CCF.[Na+]. The van der Waals surface area contributed by atoms with Crippen LogP contribution in [0.5, 0.6) is 0 Å². The van der Waals surface area contributed by atoms with Crippen molar-refractivity contribution in [2.75, 3.05) is 12.4 Å². The van der Waals surface area contributed by atoms with Gasteiger partial charge in [-0.1, -0.05) is 0 Å². The first kappa shape index (κ1) is 21.8. The first-order valence-corrected chi connectivity index (χ1v) is 6.37. The van der Waals surface area contributed by atoms with Crippen LogP contribution in [0.2, 0.25) is 0 Å². The topological polar surface area (TPSA) is 57.2 Å². The van der Waals surface area contributed by atoms with Gasteiger partial charge in [0.25, 0.3) is 0 Å². The summed E-state index contributed by atoms with van der Waals surface area (Å²) < 4.78 is 106. The summed E-state index contributed by atoms with van der Waals surface area (Å²) in [5.41, 5.74) is 0. The van der Waals surface area contributed by atoms with Crippen LogP contribution in [0.1, 0.15) is 6.42 Å². The smallest absolute Gasteiger partial charge is 0.748 e. The third-order valence-corrected chi connectivity index (χ3v) is 2.77. The van der Waals surface area contributed by atoms with Crippen LogP contribution in [0.3, 0.4) is 0 Å². The molecule has 0 amide bonds. The number of alkyl halides is 6. The van der Waals surface area contributed by atoms with Crippen LogP contribution in [0.25, 0.3) is 0 Å². The maximum atomic E-state index is 12.9. The van der Waals surface area contributed by atoms with Crippen molar-refractivity contribution in [2.24, 2.45) is 0 Å². The van der Waals surface area contributed by atoms with E-state index < -0.39 is 59.8 Å². The molecule has 0 aliphatic carbocycles. The van der Waals surface area contributed by atoms with Crippen molar-refractivity contribution in [3.63, 3.8) is 0 Å². The Morgan fingerprint density at radius 1 is 0.895 bits per heavy atom. The summed E-state index contributed by atoms with van der Waals surface area (Å²) >= 11 is 0. The molecule has 0 bridgehead atoms. The third-order valence-electron chi connectivity index (χ3n) is 2.05. The van der Waals surface area contributed by atoms with E-state index in [1.54, 1.807) is 0 Å². The summed E-state index contributed by atoms with van der Waals surface area (Å²) in [6, 6.07) is 0. The minimum Gasteiger partial charge on any atom is -0.748 e. The van der Waals surface area contributed by atoms with E-state index in [0.717, 1.165) is 0 Å². The fourth-order valence-electron chi connectivity index (χ4n) is 1.12. The number of hydrogen-bond donors (Lipinski definition) is 0. The van der Waals surface area contributed by atoms with Crippen LogP contribution in [-0.4, -0.2) is 56.3 Å². The zero-order valence-corrected chi connectivity index (χ0v) is 12.7. The maximum absolute atomic E-state index is 12.9. The monoisotopic (exact) mass is 324 g/mol. The Morgan fingerprint density at radius 2 is 1.32 bits per heavy atom. The molecule has 0 saturated heterocycles. The Hall–Kier alpha value is 0.490. The standard InChI is InChI=1S/C8H12F6O3S.Na/c9-2-1-4(10)6(12)8(14)7(13)5(11)3-18(15,16)17;/h4-8H,1-3H2,(H,15,16,17);/q;+1/p-1. The molecule has 0 rings (SSSR count). The van der Waals surface area contributed by atoms with Crippen molar-refractivity contribution in [3.05, 3.63) is 0 Å². The zero-order chi connectivity index (χ0) is 14.5. The summed E-state index contributed by atoms with van der Waals surface area (Å²) in [4.78, 5) is 0. The molecule has 3 nitrogen and oxygen atoms in total. The quantitative estimate of drug-likeness (QED) is 0.313. The van der Waals surface area contributed by atoms with Gasteiger partial charge in [0, 0.05) is 6.42 Å². The Morgan fingerprint density at radius 3 is 1.68 bits per heavy atom. The normalized spacial score (nSPS) is 19.9. The molecule has 0 fully saturated rings. The Labute approximate surface area is 128 Å². The Balaban J connectivity index is 0. The van der Waals surface area contributed by atoms with E-state index in [2.05, 4.69) is 0 Å². The number of halogens is 6. The molecule has 5 atom stereocenters. The average Bonchev–Trinajstić information content (AvgIpc) is 2.24. The van der Waals surface area contributed by atoms with Crippen LogP contribution in [0, 0.1) is 0 Å². The van der Waals surface area contributed by atoms with Crippen LogP contribution >= 0.6 is 0 Å². The molecule has 0 spiro atoms. The van der Waals surface area contributed by atoms with E-state index >= 15 is 0 Å². The average molecular weight is 324 g/mol. The third kappa shape index (κ3) is 8.38. The van der Waals surface area contributed by atoms with Gasteiger partial charge < -0.3 is 4.55 Å². The van der Waals surface area contributed by atoms with Crippen LogP contribution in [-0.2, 0) is 10.1 Å². The molecule has 0 aliphatic rings. The predicted octanol–water partition coefficient (Wildman–Crippen LogP) is -1.41. The van der Waals surface area contributed by atoms with Gasteiger partial charge >= 0.3 is 29.6 Å². The van der Waals surface area contributed by atoms with E-state index in [9.17, 15) is 39.3 Å². The van der Waals surface area contributed by atoms with Gasteiger partial charge in [-0.3, -0.25) is 4.39 Å². The molecule has 0 N–H and O–H groups in total. The van der Waals surface area contributed by atoms with E-state index in [1.165, 1.54) is 0 Å². The van der Waals surface area contributed by atoms with Crippen molar-refractivity contribution in [2.45, 2.75) is 37.3 Å². The number of rotatable bonds is 8. The van der Waals surface area contributed by atoms with Crippen molar-refractivity contribution in [3.8, 4) is 0 Å². The van der Waals surface area contributed by atoms with Gasteiger partial charge in [-0.25, -0.2) is 30.4 Å². The maximum Gasteiger partial charge on any atom is 1.00 e. The fraction of sp³-hybridized carbons (Fsp3) is 1.00. The Kier molecular flexibility index (Phi) is 10.8. The van der Waals surface area contributed by atoms with Gasteiger partial charge in [-0.05, 0) is 0 Å². The molecular weight excluding hydrogens is 313 g/mol. The minimum atomic E-state index is -5.17. The van der Waals surface area contributed by atoms with E-state index in [-0.39, 0.29) is 29.6 Å². The number of hydrogen-bond acceptors (Lipinski definition) is 3. The van der Waals surface area contributed by atoms with E-state index in [0.29, 0.717) is 0 Å². The van der Waals surface area contributed by atoms with Gasteiger partial charge in [0.15, 0.2) is 18.5 Å². The molecule has 0 heterocycles. The molecule has 0 aromatic heterocycles. The summed E-state index contributed by atoms with van der Waals surface area (Å²) in [5, 5.41) is 0. The Bertz CT molecular complexity index is 343. The zero-order valence-electron chi connectivity index (χ0n) is 9.91. The molecule has 19 heavy (non-hydrogen) atoms. The summed E-state index contributed by atoms with van der Waals surface area (Å²) in [5.74, 6) is -1.89. The second kappa shape index (κ2) is 9.43. The molecule has 0 radical (unpaired) electrons. The molecule has 0 aromatic carbocycles. The van der Waals surface area contributed by atoms with Crippen molar-refractivity contribution < 1.29 is 68.9 Å². The molecule has 110 valence electrons. The fourth-order valence-corrected chi connectivity index (χ4v) is 1.70. The first-order chi connectivity index (χ1) is 8.10. The van der Waals surface area contributed by atoms with Gasteiger partial charge in [-0.2, -0.15) is 0 Å². The van der Waals surface area contributed by atoms with Crippen LogP contribution in [0.15, 0.2) is 0 Å². The molecule has 5 unspecified atom stereocenters. The van der Waals surface area contributed by atoms with Crippen molar-refractivity contribution in [1.82, 2.24) is 0 Å². The van der Waals surface area contributed by atoms with E-state index in [1.807, 2.05) is 0 Å². The van der Waals surface area contributed by atoms with Crippen molar-refractivity contribution >= 4 is 10.1 Å². The molecule has 0 aliphatic heterocycles. The minimum absolute atomic E-state index is 0.